The SMILES string of the molecule is CC(C)C[C@@H]1COc2cc(-c3noc(-c4onc(-c5ccccc5)c4C(F)(F)F)n3)ccc2[C@@H]1O. The highest BCUT2D eigenvalue weighted by molar-refractivity contribution is 5.71. The average Bonchev–Trinajstić information content (AvgIpc) is 3.48. The summed E-state index contributed by atoms with van der Waals surface area (Å²) in [6.07, 6.45) is -4.62. The Balaban J connectivity index is 1.48. The Kier molecular flexibility index (Phi) is 5.84. The Hall–Kier alpha value is -3.66. The number of hydrogen-bond acceptors (Lipinski definition) is 7. The third-order valence-corrected chi connectivity index (χ3v) is 5.91. The zero-order valence-electron chi connectivity index (χ0n) is 18.9. The lowest BCUT2D eigenvalue weighted by atomic mass is 9.86. The Bertz CT molecular complexity index is 1330. The number of alkyl halides is 3. The highest BCUT2D eigenvalue weighted by Gasteiger charge is 2.43. The molecule has 1 N–H and O–H groups in total. The molecule has 7 nitrogen and oxygen atoms in total. The summed E-state index contributed by atoms with van der Waals surface area (Å²) in [5.41, 5.74) is -0.0937. The van der Waals surface area contributed by atoms with Gasteiger partial charge in [0.25, 0.3) is 5.89 Å². The van der Waals surface area contributed by atoms with Crippen LogP contribution in [0.3, 0.4) is 0 Å². The van der Waals surface area contributed by atoms with Crippen LogP contribution in [0, 0.1) is 11.8 Å². The van der Waals surface area contributed by atoms with Crippen molar-refractivity contribution in [1.29, 1.82) is 0 Å². The number of aliphatic hydroxyl groups excluding tert-OH is 1. The van der Waals surface area contributed by atoms with Crippen LogP contribution in [0.25, 0.3) is 34.3 Å². The van der Waals surface area contributed by atoms with Crippen molar-refractivity contribution in [1.82, 2.24) is 15.3 Å². The van der Waals surface area contributed by atoms with Gasteiger partial charge in [0.1, 0.15) is 17.0 Å². The first kappa shape index (κ1) is 23.1. The molecule has 3 heterocycles. The molecule has 35 heavy (non-hydrogen) atoms. The predicted molar refractivity (Wildman–Crippen MR) is 119 cm³/mol. The van der Waals surface area contributed by atoms with Crippen LogP contribution in [-0.2, 0) is 6.18 Å². The van der Waals surface area contributed by atoms with Gasteiger partial charge in [0, 0.05) is 22.6 Å². The number of ether oxygens (including phenoxy) is 1. The summed E-state index contributed by atoms with van der Waals surface area (Å²) in [6.45, 7) is 4.53. The quantitative estimate of drug-likeness (QED) is 0.361. The normalized spacial score (nSPS) is 17.9. The molecule has 1 aliphatic heterocycles. The second kappa shape index (κ2) is 8.84. The fraction of sp³-hybridized carbons (Fsp3) is 0.320. The molecule has 0 bridgehead atoms. The third-order valence-electron chi connectivity index (χ3n) is 5.91. The lowest BCUT2D eigenvalue weighted by Crippen LogP contribution is -2.27. The molecule has 2 aromatic carbocycles. The molecule has 10 heteroatoms. The average molecular weight is 485 g/mol. The van der Waals surface area contributed by atoms with Crippen LogP contribution in [0.2, 0.25) is 0 Å². The number of aromatic nitrogens is 3. The Labute approximate surface area is 198 Å². The summed E-state index contributed by atoms with van der Waals surface area (Å²) in [4.78, 5) is 4.12. The van der Waals surface area contributed by atoms with Crippen LogP contribution in [0.1, 0.15) is 37.5 Å². The topological polar surface area (TPSA) is 94.4 Å². The summed E-state index contributed by atoms with van der Waals surface area (Å²) < 4.78 is 57.9. The van der Waals surface area contributed by atoms with Crippen molar-refractivity contribution in [2.45, 2.75) is 32.5 Å². The summed E-state index contributed by atoms with van der Waals surface area (Å²) in [5.74, 6) is -0.179. The molecule has 0 unspecified atom stereocenters. The standard InChI is InChI=1S/C25H22F3N3O4/c1-13(2)10-16-12-33-18-11-15(8-9-17(18)21(16)32)23-29-24(35-31-23)22-19(25(26,27)28)20(30-34-22)14-6-4-3-5-7-14/h3-9,11,13,16,21,32H,10,12H2,1-2H3/t16-,21-/m1/s1. The molecule has 0 saturated carbocycles. The van der Waals surface area contributed by atoms with Crippen LogP contribution in [0.15, 0.2) is 57.6 Å². The summed E-state index contributed by atoms with van der Waals surface area (Å²) >= 11 is 0. The zero-order valence-corrected chi connectivity index (χ0v) is 18.9. The number of nitrogens with zero attached hydrogens (tertiary/aromatic N) is 3. The number of halogens is 3. The minimum Gasteiger partial charge on any atom is -0.493 e. The highest BCUT2D eigenvalue weighted by Crippen LogP contribution is 2.44. The van der Waals surface area contributed by atoms with Crippen LogP contribution in [-0.4, -0.2) is 27.0 Å². The molecule has 0 aliphatic carbocycles. The summed E-state index contributed by atoms with van der Waals surface area (Å²) in [7, 11) is 0. The zero-order chi connectivity index (χ0) is 24.7. The molecule has 1 aliphatic rings. The van der Waals surface area contributed by atoms with Crippen LogP contribution >= 0.6 is 0 Å². The number of fused-ring (bicyclic) bond motifs is 1. The first-order chi connectivity index (χ1) is 16.7. The Morgan fingerprint density at radius 3 is 2.51 bits per heavy atom. The molecular weight excluding hydrogens is 463 g/mol. The number of rotatable bonds is 5. The van der Waals surface area contributed by atoms with Gasteiger partial charge in [-0.3, -0.25) is 0 Å². The molecule has 0 radical (unpaired) electrons. The largest absolute Gasteiger partial charge is 0.493 e. The highest BCUT2D eigenvalue weighted by atomic mass is 19.4. The maximum absolute atomic E-state index is 13.9. The second-order valence-electron chi connectivity index (χ2n) is 8.92. The van der Waals surface area contributed by atoms with E-state index in [4.69, 9.17) is 13.8 Å². The van der Waals surface area contributed by atoms with Crippen LogP contribution in [0.4, 0.5) is 13.2 Å². The number of benzene rings is 2. The van der Waals surface area contributed by atoms with Gasteiger partial charge in [0.2, 0.25) is 11.6 Å². The number of aliphatic hydroxyl groups is 1. The lowest BCUT2D eigenvalue weighted by Gasteiger charge is -2.31. The van der Waals surface area contributed by atoms with E-state index in [1.165, 1.54) is 12.1 Å². The first-order valence-corrected chi connectivity index (χ1v) is 11.1. The van der Waals surface area contributed by atoms with Gasteiger partial charge in [0.05, 0.1) is 12.7 Å². The van der Waals surface area contributed by atoms with Crippen molar-refractivity contribution in [3.8, 4) is 40.0 Å². The molecule has 2 aromatic heterocycles. The van der Waals surface area contributed by atoms with Crippen molar-refractivity contribution in [2.24, 2.45) is 11.8 Å². The van der Waals surface area contributed by atoms with Crippen LogP contribution in [0.5, 0.6) is 5.75 Å². The minimum atomic E-state index is -4.77. The summed E-state index contributed by atoms with van der Waals surface area (Å²) in [6, 6.07) is 12.9. The van der Waals surface area contributed by atoms with Crippen molar-refractivity contribution in [3.05, 3.63) is 59.7 Å². The van der Waals surface area contributed by atoms with Gasteiger partial charge in [-0.1, -0.05) is 66.6 Å². The molecule has 0 spiro atoms. The van der Waals surface area contributed by atoms with Gasteiger partial charge < -0.3 is 18.9 Å². The summed E-state index contributed by atoms with van der Waals surface area (Å²) in [5, 5.41) is 18.2. The van der Waals surface area contributed by atoms with E-state index < -0.39 is 29.5 Å². The minimum absolute atomic E-state index is 0.0174. The van der Waals surface area contributed by atoms with Gasteiger partial charge >= 0.3 is 6.18 Å². The van der Waals surface area contributed by atoms with Gasteiger partial charge in [-0.05, 0) is 18.4 Å². The molecule has 2 atom stereocenters. The molecule has 5 rings (SSSR count). The smallest absolute Gasteiger partial charge is 0.422 e. The molecular formula is C25H22F3N3O4. The van der Waals surface area contributed by atoms with E-state index in [9.17, 15) is 18.3 Å². The second-order valence-corrected chi connectivity index (χ2v) is 8.92. The Morgan fingerprint density at radius 2 is 1.80 bits per heavy atom. The monoisotopic (exact) mass is 485 g/mol. The van der Waals surface area contributed by atoms with Crippen molar-refractivity contribution >= 4 is 0 Å². The van der Waals surface area contributed by atoms with Gasteiger partial charge in [-0.25, -0.2) is 0 Å². The maximum Gasteiger partial charge on any atom is 0.422 e. The molecule has 0 fully saturated rings. The third kappa shape index (κ3) is 4.41. The Morgan fingerprint density at radius 1 is 1.03 bits per heavy atom. The maximum atomic E-state index is 13.9. The molecule has 4 aromatic rings. The first-order valence-electron chi connectivity index (χ1n) is 11.1. The fourth-order valence-electron chi connectivity index (χ4n) is 4.31. The van der Waals surface area contributed by atoms with Crippen molar-refractivity contribution in [3.63, 3.8) is 0 Å². The molecule has 0 amide bonds. The van der Waals surface area contributed by atoms with E-state index in [1.54, 1.807) is 36.4 Å². The van der Waals surface area contributed by atoms with E-state index in [2.05, 4.69) is 29.1 Å². The van der Waals surface area contributed by atoms with Crippen molar-refractivity contribution < 1.29 is 32.1 Å². The predicted octanol–water partition coefficient (Wildman–Crippen LogP) is 6.17. The van der Waals surface area contributed by atoms with Gasteiger partial charge in [0.15, 0.2) is 0 Å². The van der Waals surface area contributed by atoms with E-state index in [-0.39, 0.29) is 23.0 Å². The van der Waals surface area contributed by atoms with Crippen molar-refractivity contribution in [2.75, 3.05) is 6.61 Å². The van der Waals surface area contributed by atoms with E-state index in [0.29, 0.717) is 29.4 Å². The molecule has 0 saturated heterocycles. The molecule has 182 valence electrons. The van der Waals surface area contributed by atoms with E-state index in [1.807, 2.05) is 0 Å². The van der Waals surface area contributed by atoms with E-state index >= 15 is 0 Å². The van der Waals surface area contributed by atoms with Gasteiger partial charge in [-0.15, -0.1) is 0 Å². The number of hydrogen-bond donors (Lipinski definition) is 1. The lowest BCUT2D eigenvalue weighted by molar-refractivity contribution is -0.136. The fourth-order valence-corrected chi connectivity index (χ4v) is 4.31. The van der Waals surface area contributed by atoms with Gasteiger partial charge in [-0.2, -0.15) is 18.2 Å². The van der Waals surface area contributed by atoms with E-state index in [0.717, 1.165) is 6.42 Å². The van der Waals surface area contributed by atoms with Crippen LogP contribution < -0.4 is 4.74 Å².